The lowest BCUT2D eigenvalue weighted by molar-refractivity contribution is 0.520. The molecule has 0 atom stereocenters. The third kappa shape index (κ3) is 1.29. The van der Waals surface area contributed by atoms with Crippen molar-refractivity contribution in [3.8, 4) is 11.3 Å². The maximum atomic E-state index is 4.07. The van der Waals surface area contributed by atoms with Crippen LogP contribution in [0.25, 0.3) is 11.3 Å². The van der Waals surface area contributed by atoms with Crippen molar-refractivity contribution in [3.05, 3.63) is 29.7 Å². The summed E-state index contributed by atoms with van der Waals surface area (Å²) < 4.78 is 2.37. The Morgan fingerprint density at radius 3 is 3.13 bits per heavy atom. The number of aromatic amines is 1. The SMILES string of the molecule is Cc1[nH]ncc1-c1ccc2n1CCNC2. The first-order valence-corrected chi connectivity index (χ1v) is 5.26. The molecule has 4 heteroatoms. The number of aryl methyl sites for hydroxylation is 1. The summed E-state index contributed by atoms with van der Waals surface area (Å²) >= 11 is 0. The Morgan fingerprint density at radius 2 is 2.33 bits per heavy atom. The standard InChI is InChI=1S/C11H14N4/c1-8-10(7-13-14-8)11-3-2-9-6-12-4-5-15(9)11/h2-3,7,12H,4-6H2,1H3,(H,13,14). The van der Waals surface area contributed by atoms with E-state index in [-0.39, 0.29) is 0 Å². The summed E-state index contributed by atoms with van der Waals surface area (Å²) in [5.74, 6) is 0. The molecule has 0 saturated carbocycles. The van der Waals surface area contributed by atoms with E-state index in [0.29, 0.717) is 0 Å². The lowest BCUT2D eigenvalue weighted by Crippen LogP contribution is -2.27. The fourth-order valence-corrected chi connectivity index (χ4v) is 2.18. The van der Waals surface area contributed by atoms with E-state index in [1.165, 1.54) is 17.0 Å². The number of nitrogens with zero attached hydrogens (tertiary/aromatic N) is 2. The maximum Gasteiger partial charge on any atom is 0.0583 e. The molecule has 0 saturated heterocycles. The highest BCUT2D eigenvalue weighted by Gasteiger charge is 2.14. The minimum Gasteiger partial charge on any atom is -0.342 e. The third-order valence-corrected chi connectivity index (χ3v) is 3.00. The summed E-state index contributed by atoms with van der Waals surface area (Å²) in [7, 11) is 0. The molecule has 0 amide bonds. The molecule has 2 aromatic heterocycles. The minimum absolute atomic E-state index is 0.969. The van der Waals surface area contributed by atoms with Gasteiger partial charge in [-0.1, -0.05) is 0 Å². The summed E-state index contributed by atoms with van der Waals surface area (Å²) in [6.07, 6.45) is 1.90. The molecule has 3 rings (SSSR count). The molecule has 78 valence electrons. The van der Waals surface area contributed by atoms with Gasteiger partial charge in [-0.3, -0.25) is 5.10 Å². The molecule has 0 fully saturated rings. The number of aromatic nitrogens is 3. The smallest absolute Gasteiger partial charge is 0.0583 e. The van der Waals surface area contributed by atoms with Gasteiger partial charge in [0.15, 0.2) is 0 Å². The van der Waals surface area contributed by atoms with Crippen LogP contribution in [0.5, 0.6) is 0 Å². The van der Waals surface area contributed by atoms with Crippen LogP contribution in [0.3, 0.4) is 0 Å². The van der Waals surface area contributed by atoms with Crippen molar-refractivity contribution < 1.29 is 0 Å². The van der Waals surface area contributed by atoms with Gasteiger partial charge in [-0.25, -0.2) is 0 Å². The Labute approximate surface area is 88.3 Å². The zero-order chi connectivity index (χ0) is 10.3. The number of rotatable bonds is 1. The van der Waals surface area contributed by atoms with E-state index < -0.39 is 0 Å². The second kappa shape index (κ2) is 3.24. The summed E-state index contributed by atoms with van der Waals surface area (Å²) in [5, 5.41) is 10.4. The first kappa shape index (κ1) is 8.73. The second-order valence-electron chi connectivity index (χ2n) is 3.95. The summed E-state index contributed by atoms with van der Waals surface area (Å²) in [6.45, 7) is 5.12. The zero-order valence-corrected chi connectivity index (χ0v) is 8.75. The van der Waals surface area contributed by atoms with Crippen molar-refractivity contribution in [3.63, 3.8) is 0 Å². The Balaban J connectivity index is 2.13. The van der Waals surface area contributed by atoms with Gasteiger partial charge in [-0.2, -0.15) is 5.10 Å². The average molecular weight is 202 g/mol. The molecule has 0 unspecified atom stereocenters. The van der Waals surface area contributed by atoms with Gasteiger partial charge in [0.1, 0.15) is 0 Å². The minimum atomic E-state index is 0.969. The molecule has 1 aliphatic rings. The van der Waals surface area contributed by atoms with Crippen molar-refractivity contribution in [2.24, 2.45) is 0 Å². The van der Waals surface area contributed by atoms with Crippen LogP contribution >= 0.6 is 0 Å². The number of nitrogens with one attached hydrogen (secondary N) is 2. The van der Waals surface area contributed by atoms with Crippen molar-refractivity contribution >= 4 is 0 Å². The normalized spacial score (nSPS) is 15.3. The molecule has 2 aromatic rings. The second-order valence-corrected chi connectivity index (χ2v) is 3.95. The lowest BCUT2D eigenvalue weighted by Gasteiger charge is -2.18. The summed E-state index contributed by atoms with van der Waals surface area (Å²) in [6, 6.07) is 4.37. The van der Waals surface area contributed by atoms with E-state index in [9.17, 15) is 0 Å². The van der Waals surface area contributed by atoms with Crippen LogP contribution in [-0.4, -0.2) is 21.3 Å². The molecule has 15 heavy (non-hydrogen) atoms. The molecule has 0 bridgehead atoms. The molecule has 0 aromatic carbocycles. The fraction of sp³-hybridized carbons (Fsp3) is 0.364. The van der Waals surface area contributed by atoms with Crippen LogP contribution in [0.15, 0.2) is 18.3 Å². The van der Waals surface area contributed by atoms with Crippen LogP contribution in [0.2, 0.25) is 0 Å². The number of fused-ring (bicyclic) bond motifs is 1. The first-order valence-electron chi connectivity index (χ1n) is 5.26. The van der Waals surface area contributed by atoms with Gasteiger partial charge in [0.2, 0.25) is 0 Å². The van der Waals surface area contributed by atoms with Gasteiger partial charge in [-0.05, 0) is 19.1 Å². The highest BCUT2D eigenvalue weighted by Crippen LogP contribution is 2.25. The maximum absolute atomic E-state index is 4.07. The van der Waals surface area contributed by atoms with Crippen LogP contribution in [0.4, 0.5) is 0 Å². The molecule has 3 heterocycles. The Hall–Kier alpha value is -1.55. The lowest BCUT2D eigenvalue weighted by atomic mass is 10.2. The van der Waals surface area contributed by atoms with Gasteiger partial charge in [-0.15, -0.1) is 0 Å². The Morgan fingerprint density at radius 1 is 1.40 bits per heavy atom. The van der Waals surface area contributed by atoms with E-state index >= 15 is 0 Å². The first-order chi connectivity index (χ1) is 7.36. The van der Waals surface area contributed by atoms with E-state index in [4.69, 9.17) is 0 Å². The molecular formula is C11H14N4. The van der Waals surface area contributed by atoms with Gasteiger partial charge >= 0.3 is 0 Å². The fourth-order valence-electron chi connectivity index (χ4n) is 2.18. The monoisotopic (exact) mass is 202 g/mol. The topological polar surface area (TPSA) is 45.6 Å². The van der Waals surface area contributed by atoms with Crippen LogP contribution in [-0.2, 0) is 13.1 Å². The zero-order valence-electron chi connectivity index (χ0n) is 8.75. The quantitative estimate of drug-likeness (QED) is 0.732. The van der Waals surface area contributed by atoms with Crippen LogP contribution in [0, 0.1) is 6.92 Å². The van der Waals surface area contributed by atoms with Crippen molar-refractivity contribution in [2.45, 2.75) is 20.0 Å². The molecule has 0 spiro atoms. The molecule has 1 aliphatic heterocycles. The van der Waals surface area contributed by atoms with E-state index in [1.807, 2.05) is 6.20 Å². The number of hydrogen-bond acceptors (Lipinski definition) is 2. The summed E-state index contributed by atoms with van der Waals surface area (Å²) in [4.78, 5) is 0. The van der Waals surface area contributed by atoms with E-state index in [1.54, 1.807) is 0 Å². The molecule has 4 nitrogen and oxygen atoms in total. The van der Waals surface area contributed by atoms with Crippen molar-refractivity contribution in [1.29, 1.82) is 0 Å². The highest BCUT2D eigenvalue weighted by molar-refractivity contribution is 5.62. The van der Waals surface area contributed by atoms with Gasteiger partial charge in [0.05, 0.1) is 11.9 Å². The number of hydrogen-bond donors (Lipinski definition) is 2. The predicted molar refractivity (Wildman–Crippen MR) is 58.5 cm³/mol. The molecular weight excluding hydrogens is 188 g/mol. The third-order valence-electron chi connectivity index (χ3n) is 3.00. The van der Waals surface area contributed by atoms with Crippen molar-refractivity contribution in [2.75, 3.05) is 6.54 Å². The van der Waals surface area contributed by atoms with E-state index in [2.05, 4.69) is 39.1 Å². The van der Waals surface area contributed by atoms with Gasteiger partial charge in [0, 0.05) is 36.6 Å². The largest absolute Gasteiger partial charge is 0.342 e. The van der Waals surface area contributed by atoms with Crippen molar-refractivity contribution in [1.82, 2.24) is 20.1 Å². The van der Waals surface area contributed by atoms with Gasteiger partial charge in [0.25, 0.3) is 0 Å². The van der Waals surface area contributed by atoms with Crippen LogP contribution < -0.4 is 5.32 Å². The molecule has 0 radical (unpaired) electrons. The highest BCUT2D eigenvalue weighted by atomic mass is 15.1. The average Bonchev–Trinajstić information content (AvgIpc) is 2.83. The molecule has 0 aliphatic carbocycles. The van der Waals surface area contributed by atoms with Gasteiger partial charge < -0.3 is 9.88 Å². The Kier molecular flexibility index (Phi) is 1.89. The predicted octanol–water partition coefficient (Wildman–Crippen LogP) is 1.29. The van der Waals surface area contributed by atoms with Crippen LogP contribution in [0.1, 0.15) is 11.4 Å². The van der Waals surface area contributed by atoms with E-state index in [0.717, 1.165) is 25.3 Å². The molecule has 2 N–H and O–H groups in total. The Bertz CT molecular complexity index is 480. The summed E-state index contributed by atoms with van der Waals surface area (Å²) in [5.41, 5.74) is 4.98. The number of H-pyrrole nitrogens is 1.